The van der Waals surface area contributed by atoms with Crippen molar-refractivity contribution in [2.75, 3.05) is 21.1 Å². The molecule has 2 atom stereocenters. The first-order chi connectivity index (χ1) is 23.4. The van der Waals surface area contributed by atoms with Gasteiger partial charge in [-0.1, -0.05) is 173 Å². The molecular formula is C45H86NO2+. The van der Waals surface area contributed by atoms with Crippen LogP contribution in [0.5, 0.6) is 0 Å². The molecule has 2 aliphatic rings. The summed E-state index contributed by atoms with van der Waals surface area (Å²) in [5, 5.41) is 0. The van der Waals surface area contributed by atoms with Crippen molar-refractivity contribution < 1.29 is 14.0 Å². The third-order valence-corrected chi connectivity index (χ3v) is 11.4. The van der Waals surface area contributed by atoms with E-state index in [0.717, 1.165) is 23.7 Å². The van der Waals surface area contributed by atoms with Gasteiger partial charge >= 0.3 is 0 Å². The van der Waals surface area contributed by atoms with Gasteiger partial charge in [-0.05, 0) is 44.9 Å². The monoisotopic (exact) mass is 673 g/mol. The van der Waals surface area contributed by atoms with Crippen LogP contribution in [0.4, 0.5) is 0 Å². The molecular weight excluding hydrogens is 587 g/mol. The second-order valence-corrected chi connectivity index (χ2v) is 16.9. The van der Waals surface area contributed by atoms with E-state index in [-0.39, 0.29) is 5.79 Å². The highest BCUT2D eigenvalue weighted by atomic mass is 16.8. The Labute approximate surface area is 302 Å². The molecule has 0 bridgehead atoms. The van der Waals surface area contributed by atoms with Crippen molar-refractivity contribution in [1.29, 1.82) is 0 Å². The van der Waals surface area contributed by atoms with Crippen LogP contribution in [0.25, 0.3) is 0 Å². The van der Waals surface area contributed by atoms with E-state index < -0.39 is 0 Å². The molecule has 0 aromatic heterocycles. The van der Waals surface area contributed by atoms with E-state index >= 15 is 0 Å². The van der Waals surface area contributed by atoms with Crippen LogP contribution in [0.1, 0.15) is 219 Å². The summed E-state index contributed by atoms with van der Waals surface area (Å²) in [6.45, 7) is 4.58. The van der Waals surface area contributed by atoms with E-state index in [1.807, 2.05) is 0 Å². The molecule has 2 rings (SSSR count). The van der Waals surface area contributed by atoms with Gasteiger partial charge in [0.25, 0.3) is 0 Å². The minimum atomic E-state index is -0.295. The maximum absolute atomic E-state index is 6.90. The Kier molecular flexibility index (Phi) is 25.4. The van der Waals surface area contributed by atoms with E-state index in [1.165, 1.54) is 186 Å². The van der Waals surface area contributed by atoms with Crippen molar-refractivity contribution in [3.63, 3.8) is 0 Å². The molecule has 282 valence electrons. The van der Waals surface area contributed by atoms with Gasteiger partial charge in [0.15, 0.2) is 5.79 Å². The van der Waals surface area contributed by atoms with Gasteiger partial charge in [-0.3, -0.25) is 0 Å². The van der Waals surface area contributed by atoms with Crippen LogP contribution in [0.15, 0.2) is 24.3 Å². The van der Waals surface area contributed by atoms with Crippen molar-refractivity contribution in [2.45, 2.75) is 243 Å². The first kappa shape index (κ1) is 43.5. The van der Waals surface area contributed by atoms with E-state index in [0.29, 0.717) is 18.2 Å². The average molecular weight is 673 g/mol. The third kappa shape index (κ3) is 20.9. The standard InChI is InChI=1S/C45H86NO2/c1-6-8-10-12-14-16-18-20-22-24-26-28-30-32-34-36-38-45(47-43-40-42(46(3,4)5)41-44(43)48-45)39-37-35-33-31-29-27-25-23-21-19-17-15-13-11-9-7-2/h14,16,20,22,42-44H,6-13,15,17-19,21,23-41H2,1-5H3/q+1. The largest absolute Gasteiger partial charge is 0.344 e. The molecule has 2 fully saturated rings. The van der Waals surface area contributed by atoms with Crippen LogP contribution in [-0.2, 0) is 9.47 Å². The molecule has 48 heavy (non-hydrogen) atoms. The summed E-state index contributed by atoms with van der Waals surface area (Å²) in [4.78, 5) is 0. The SMILES string of the molecule is CCCCCC=CCC=CCCCCCCCCC1(CCCCCCCCCCCCCCCCCC)OC2CC([N+](C)(C)C)CC2O1. The molecule has 1 heterocycles. The second kappa shape index (κ2) is 28.0. The third-order valence-electron chi connectivity index (χ3n) is 11.4. The van der Waals surface area contributed by atoms with E-state index in [4.69, 9.17) is 9.47 Å². The van der Waals surface area contributed by atoms with Gasteiger partial charge in [-0.25, -0.2) is 0 Å². The summed E-state index contributed by atoms with van der Waals surface area (Å²) in [6.07, 6.45) is 53.0. The van der Waals surface area contributed by atoms with Gasteiger partial charge in [-0.2, -0.15) is 0 Å². The zero-order valence-electron chi connectivity index (χ0n) is 33.4. The fraction of sp³-hybridized carbons (Fsp3) is 0.911. The van der Waals surface area contributed by atoms with E-state index in [9.17, 15) is 0 Å². The first-order valence-corrected chi connectivity index (χ1v) is 21.9. The molecule has 1 saturated heterocycles. The van der Waals surface area contributed by atoms with Crippen molar-refractivity contribution in [3.05, 3.63) is 24.3 Å². The minimum absolute atomic E-state index is 0.295. The number of fused-ring (bicyclic) bond motifs is 1. The molecule has 0 aromatic rings. The molecule has 0 aromatic carbocycles. The normalized spacial score (nSPS) is 22.9. The lowest BCUT2D eigenvalue weighted by molar-refractivity contribution is -0.895. The summed E-state index contributed by atoms with van der Waals surface area (Å²) < 4.78 is 14.8. The summed E-state index contributed by atoms with van der Waals surface area (Å²) in [6, 6.07) is 0.662. The lowest BCUT2D eigenvalue weighted by Gasteiger charge is -2.34. The van der Waals surface area contributed by atoms with Crippen LogP contribution in [-0.4, -0.2) is 49.7 Å². The number of quaternary nitrogens is 1. The topological polar surface area (TPSA) is 18.5 Å². The number of hydrogen-bond acceptors (Lipinski definition) is 2. The Morgan fingerprint density at radius 2 is 0.792 bits per heavy atom. The highest BCUT2D eigenvalue weighted by Gasteiger charge is 2.53. The molecule has 1 saturated carbocycles. The Morgan fingerprint density at radius 1 is 0.458 bits per heavy atom. The van der Waals surface area contributed by atoms with Gasteiger partial charge in [0.2, 0.25) is 0 Å². The number of allylic oxidation sites excluding steroid dienone is 4. The Bertz CT molecular complexity index is 768. The molecule has 2 unspecified atom stereocenters. The van der Waals surface area contributed by atoms with E-state index in [1.54, 1.807) is 0 Å². The average Bonchev–Trinajstić information content (AvgIpc) is 3.61. The summed E-state index contributed by atoms with van der Waals surface area (Å²) in [5.41, 5.74) is 0. The highest BCUT2D eigenvalue weighted by molar-refractivity contribution is 4.95. The van der Waals surface area contributed by atoms with Gasteiger partial charge in [0.05, 0.1) is 39.4 Å². The van der Waals surface area contributed by atoms with Gasteiger partial charge in [-0.15, -0.1) is 0 Å². The zero-order chi connectivity index (χ0) is 34.6. The van der Waals surface area contributed by atoms with Gasteiger partial charge in [0.1, 0.15) is 0 Å². The molecule has 1 aliphatic carbocycles. The summed E-state index contributed by atoms with van der Waals surface area (Å²) in [7, 11) is 7.00. The first-order valence-electron chi connectivity index (χ1n) is 21.9. The lowest BCUT2D eigenvalue weighted by atomic mass is 9.98. The van der Waals surface area contributed by atoms with Crippen molar-refractivity contribution >= 4 is 0 Å². The fourth-order valence-electron chi connectivity index (χ4n) is 8.08. The van der Waals surface area contributed by atoms with Crippen LogP contribution >= 0.6 is 0 Å². The summed E-state index contributed by atoms with van der Waals surface area (Å²) in [5.74, 6) is -0.295. The number of nitrogens with zero attached hydrogens (tertiary/aromatic N) is 1. The number of ether oxygens (including phenoxy) is 2. The Balaban J connectivity index is 1.55. The lowest BCUT2D eigenvalue weighted by Crippen LogP contribution is -2.45. The fourth-order valence-corrected chi connectivity index (χ4v) is 8.08. The van der Waals surface area contributed by atoms with Crippen molar-refractivity contribution in [1.82, 2.24) is 0 Å². The number of hydrogen-bond donors (Lipinski definition) is 0. The van der Waals surface area contributed by atoms with Crippen LogP contribution in [0.2, 0.25) is 0 Å². The molecule has 3 heteroatoms. The quantitative estimate of drug-likeness (QED) is 0.0392. The maximum Gasteiger partial charge on any atom is 0.169 e. The Morgan fingerprint density at radius 3 is 1.19 bits per heavy atom. The second-order valence-electron chi connectivity index (χ2n) is 16.9. The minimum Gasteiger partial charge on any atom is -0.344 e. The predicted molar refractivity (Wildman–Crippen MR) is 212 cm³/mol. The molecule has 0 amide bonds. The van der Waals surface area contributed by atoms with Crippen molar-refractivity contribution in [2.24, 2.45) is 0 Å². The highest BCUT2D eigenvalue weighted by Crippen LogP contribution is 2.45. The van der Waals surface area contributed by atoms with Crippen LogP contribution in [0.3, 0.4) is 0 Å². The maximum atomic E-state index is 6.90. The molecule has 0 N–H and O–H groups in total. The zero-order valence-corrected chi connectivity index (χ0v) is 33.4. The van der Waals surface area contributed by atoms with Crippen LogP contribution < -0.4 is 0 Å². The smallest absolute Gasteiger partial charge is 0.169 e. The van der Waals surface area contributed by atoms with Gasteiger partial charge in [0, 0.05) is 25.7 Å². The molecule has 1 aliphatic heterocycles. The number of unbranched alkanes of at least 4 members (excludes halogenated alkanes) is 24. The van der Waals surface area contributed by atoms with E-state index in [2.05, 4.69) is 59.3 Å². The molecule has 0 spiro atoms. The predicted octanol–water partition coefficient (Wildman–Crippen LogP) is 14.2. The Hall–Kier alpha value is -0.640. The number of rotatable bonds is 33. The van der Waals surface area contributed by atoms with Gasteiger partial charge < -0.3 is 14.0 Å². The molecule has 3 nitrogen and oxygen atoms in total. The van der Waals surface area contributed by atoms with Crippen LogP contribution in [0, 0.1) is 0 Å². The molecule has 0 radical (unpaired) electrons. The summed E-state index contributed by atoms with van der Waals surface area (Å²) >= 11 is 0. The van der Waals surface area contributed by atoms with Crippen molar-refractivity contribution in [3.8, 4) is 0 Å².